The third-order valence-electron chi connectivity index (χ3n) is 2.99. The molecule has 0 unspecified atom stereocenters. The fourth-order valence-electron chi connectivity index (χ4n) is 1.80. The van der Waals surface area contributed by atoms with Crippen molar-refractivity contribution in [2.75, 3.05) is 0 Å². The lowest BCUT2D eigenvalue weighted by Gasteiger charge is -1.87. The fraction of sp³-hybridized carbons (Fsp3) is 0. The summed E-state index contributed by atoms with van der Waals surface area (Å²) < 4.78 is 9.96. The second kappa shape index (κ2) is 13.4. The first-order chi connectivity index (χ1) is 13.5. The van der Waals surface area contributed by atoms with Crippen LogP contribution in [0.5, 0.6) is 0 Å². The Labute approximate surface area is 157 Å². The van der Waals surface area contributed by atoms with Crippen LogP contribution >= 0.6 is 0 Å². The van der Waals surface area contributed by atoms with Crippen molar-refractivity contribution >= 4 is 11.0 Å². The molecule has 27 heavy (non-hydrogen) atoms. The number of nitrogens with one attached hydrogen (secondary N) is 1. The van der Waals surface area contributed by atoms with Gasteiger partial charge in [0.15, 0.2) is 5.58 Å². The zero-order valence-electron chi connectivity index (χ0n) is 14.6. The summed E-state index contributed by atoms with van der Waals surface area (Å²) >= 11 is 0. The van der Waals surface area contributed by atoms with Gasteiger partial charge in [0.05, 0.1) is 6.20 Å². The molecule has 1 N–H and O–H groups in total. The molecule has 1 aromatic heterocycles. The molecule has 0 aliphatic heterocycles. The Morgan fingerprint density at radius 3 is 1.78 bits per heavy atom. The van der Waals surface area contributed by atoms with Gasteiger partial charge in [0, 0.05) is 5.39 Å². The van der Waals surface area contributed by atoms with Crippen LogP contribution in [0, 0.1) is 0 Å². The number of hydrogen-bond acceptors (Lipinski definition) is 5. The highest BCUT2D eigenvalue weighted by Gasteiger charge is 1.87. The molecule has 1 aromatic carbocycles. The molecule has 0 saturated heterocycles. The third kappa shape index (κ3) is 9.21. The molecule has 0 bridgehead atoms. The van der Waals surface area contributed by atoms with Gasteiger partial charge in [-0.25, -0.2) is 0 Å². The number of benzene rings is 1. The van der Waals surface area contributed by atoms with E-state index in [9.17, 15) is 0 Å². The number of aromatic nitrogens is 4. The van der Waals surface area contributed by atoms with Crippen molar-refractivity contribution in [1.82, 2.24) is 20.8 Å². The number of aromatic amines is 1. The van der Waals surface area contributed by atoms with Crippen molar-refractivity contribution in [2.45, 2.75) is 0 Å². The fourth-order valence-corrected chi connectivity index (χ4v) is 1.80. The smallest absolute Gasteiger partial charge is 0.188 e. The molecule has 0 atom stereocenters. The molecule has 1 heterocycles. The Morgan fingerprint density at radius 2 is 1.11 bits per heavy atom. The lowest BCUT2D eigenvalue weighted by Crippen LogP contribution is -1.79. The lowest BCUT2D eigenvalue weighted by atomic mass is 10.2. The van der Waals surface area contributed by atoms with E-state index in [2.05, 4.69) is 20.8 Å². The second-order valence-electron chi connectivity index (χ2n) is 4.92. The normalized spacial score (nSPS) is 8.74. The molecule has 136 valence electrons. The van der Waals surface area contributed by atoms with Gasteiger partial charge in [0.2, 0.25) is 0 Å². The van der Waals surface area contributed by atoms with E-state index in [4.69, 9.17) is 9.26 Å². The van der Waals surface area contributed by atoms with E-state index in [0.29, 0.717) is 5.58 Å². The summed E-state index contributed by atoms with van der Waals surface area (Å²) in [5.41, 5.74) is 0.534. The molecule has 0 spiro atoms. The minimum absolute atomic E-state index is 0.534. The number of rotatable bonds is 0. The Kier molecular flexibility index (Phi) is 9.60. The Morgan fingerprint density at radius 1 is 0.593 bits per heavy atom. The molecule has 0 fully saturated rings. The number of nitrogens with zero attached hydrogens (tertiary/aromatic N) is 3. The van der Waals surface area contributed by atoms with E-state index in [1.54, 1.807) is 12.1 Å². The van der Waals surface area contributed by atoms with Crippen molar-refractivity contribution < 1.29 is 9.26 Å². The van der Waals surface area contributed by atoms with Crippen LogP contribution in [0.25, 0.3) is 11.0 Å². The van der Waals surface area contributed by atoms with E-state index < -0.39 is 0 Å². The summed E-state index contributed by atoms with van der Waals surface area (Å²) in [5, 5.41) is 13.7. The maximum absolute atomic E-state index is 5.17. The third-order valence-corrected chi connectivity index (χ3v) is 2.99. The quantitative estimate of drug-likeness (QED) is 0.656. The first-order valence-corrected chi connectivity index (χ1v) is 8.24. The van der Waals surface area contributed by atoms with Crippen molar-refractivity contribution in [3.05, 3.63) is 115 Å². The van der Waals surface area contributed by atoms with Crippen LogP contribution in [0.15, 0.2) is 125 Å². The maximum atomic E-state index is 5.17. The van der Waals surface area contributed by atoms with Gasteiger partial charge in [-0.1, -0.05) is 102 Å². The molecule has 0 amide bonds. The first-order valence-electron chi connectivity index (χ1n) is 8.24. The summed E-state index contributed by atoms with van der Waals surface area (Å²) in [6.45, 7) is 0. The molecule has 0 saturated carbocycles. The molecule has 0 radical (unpaired) electrons. The number of fused-ring (bicyclic) bond motifs is 1. The van der Waals surface area contributed by atoms with Crippen LogP contribution in [0.2, 0.25) is 0 Å². The zero-order valence-corrected chi connectivity index (χ0v) is 14.6. The molecule has 0 aliphatic carbocycles. The minimum Gasteiger partial charge on any atom is -0.267 e. The Hall–Kier alpha value is -3.93. The van der Waals surface area contributed by atoms with Crippen LogP contribution in [0.1, 0.15) is 0 Å². The van der Waals surface area contributed by atoms with Gasteiger partial charge in [0.25, 0.3) is 0 Å². The molecule has 6 heteroatoms. The predicted octanol–water partition coefficient (Wildman–Crippen LogP) is 5.16. The Balaban J connectivity index is 2.44. The highest BCUT2D eigenvalue weighted by atomic mass is 17.0. The standard InChI is InChI=1S/C21H20N4O2/c1-2-4-6-8-10-12-16-20-17-13-14-18-21(20)26-27-25-24-23-22-19-15-11-9-7-5-3-1/h1-19H,(H,23,25). The largest absolute Gasteiger partial charge is 0.267 e. The summed E-state index contributed by atoms with van der Waals surface area (Å²) in [6.07, 6.45) is 1.49. The van der Waals surface area contributed by atoms with Crippen LogP contribution in [0.3, 0.4) is 0 Å². The zero-order chi connectivity index (χ0) is 18.8. The van der Waals surface area contributed by atoms with Crippen molar-refractivity contribution in [3.8, 4) is 0 Å². The van der Waals surface area contributed by atoms with E-state index in [1.807, 2.05) is 97.1 Å². The topological polar surface area (TPSA) is 80.7 Å². The Bertz CT molecular complexity index is 898. The van der Waals surface area contributed by atoms with Gasteiger partial charge >= 0.3 is 0 Å². The molecule has 2 rings (SSSR count). The number of hydrogen-bond donors (Lipinski definition) is 1. The van der Waals surface area contributed by atoms with Gasteiger partial charge in [-0.2, -0.15) is 4.68 Å². The van der Waals surface area contributed by atoms with Gasteiger partial charge in [-0.3, -0.25) is 4.58 Å². The van der Waals surface area contributed by atoms with Crippen molar-refractivity contribution in [3.63, 3.8) is 0 Å². The van der Waals surface area contributed by atoms with Crippen LogP contribution in [-0.2, 0) is 0 Å². The number of H-pyrrole nitrogens is 1. The molecular weight excluding hydrogens is 340 g/mol. The SMILES string of the molecule is c1cccccccnnn[nH]ooc2ccccc2ccccccc1. The van der Waals surface area contributed by atoms with Gasteiger partial charge in [-0.15, -0.1) is 5.10 Å². The molecular formula is C21H20N4O2. The van der Waals surface area contributed by atoms with Gasteiger partial charge in [0.1, 0.15) is 0 Å². The van der Waals surface area contributed by atoms with E-state index in [0.717, 1.165) is 5.39 Å². The van der Waals surface area contributed by atoms with Crippen molar-refractivity contribution in [1.29, 1.82) is 0 Å². The summed E-state index contributed by atoms with van der Waals surface area (Å²) in [5.74, 6) is 0. The highest BCUT2D eigenvalue weighted by Crippen LogP contribution is 2.08. The molecule has 0 aliphatic rings. The summed E-state index contributed by atoms with van der Waals surface area (Å²) in [4.78, 5) is 0. The highest BCUT2D eigenvalue weighted by molar-refractivity contribution is 5.74. The van der Waals surface area contributed by atoms with Crippen LogP contribution in [0.4, 0.5) is 0 Å². The van der Waals surface area contributed by atoms with E-state index in [-0.39, 0.29) is 0 Å². The van der Waals surface area contributed by atoms with Crippen LogP contribution < -0.4 is 0 Å². The minimum atomic E-state index is 0.534. The van der Waals surface area contributed by atoms with Crippen molar-refractivity contribution in [2.24, 2.45) is 0 Å². The van der Waals surface area contributed by atoms with E-state index >= 15 is 0 Å². The average molecular weight is 360 g/mol. The first kappa shape index (κ1) is 19.4. The summed E-state index contributed by atoms with van der Waals surface area (Å²) in [7, 11) is 0. The van der Waals surface area contributed by atoms with E-state index in [1.165, 1.54) is 6.20 Å². The predicted molar refractivity (Wildman–Crippen MR) is 104 cm³/mol. The second-order valence-corrected chi connectivity index (χ2v) is 4.92. The maximum Gasteiger partial charge on any atom is 0.188 e. The monoisotopic (exact) mass is 360 g/mol. The molecule has 2 aromatic rings. The van der Waals surface area contributed by atoms with Gasteiger partial charge < -0.3 is 0 Å². The number of para-hydroxylation sites is 1. The lowest BCUT2D eigenvalue weighted by molar-refractivity contribution is -0.00589. The van der Waals surface area contributed by atoms with Gasteiger partial charge in [-0.05, 0) is 22.6 Å². The summed E-state index contributed by atoms with van der Waals surface area (Å²) in [6, 6.07) is 34.1. The molecule has 6 nitrogen and oxygen atoms in total. The van der Waals surface area contributed by atoms with Crippen LogP contribution in [-0.4, -0.2) is 20.8 Å². The average Bonchev–Trinajstić information content (AvgIpc) is 2.69.